The van der Waals surface area contributed by atoms with Gasteiger partial charge in [0.2, 0.25) is 0 Å². The Morgan fingerprint density at radius 1 is 1.19 bits per heavy atom. The highest BCUT2D eigenvalue weighted by atomic mass is 16.6. The zero-order valence-corrected chi connectivity index (χ0v) is 17.8. The van der Waals surface area contributed by atoms with Crippen molar-refractivity contribution in [2.24, 2.45) is 0 Å². The molecule has 0 N–H and O–H groups in total. The summed E-state index contributed by atoms with van der Waals surface area (Å²) < 4.78 is 21.8. The minimum absolute atomic E-state index is 0.0171. The van der Waals surface area contributed by atoms with Crippen molar-refractivity contribution < 1.29 is 28.7 Å². The number of carbonyl (C=O) groups is 1. The van der Waals surface area contributed by atoms with E-state index in [1.54, 1.807) is 39.3 Å². The molecule has 1 aliphatic heterocycles. The molecule has 31 heavy (non-hydrogen) atoms. The SMILES string of the molecule is CCOC(=O)[C@@H]1OCCN(Cc2ccc(OC)cc2OC)[C@@H]1c1ccc([N+](=O)[O-])cc1. The Hall–Kier alpha value is -3.17. The highest BCUT2D eigenvalue weighted by Crippen LogP contribution is 2.35. The lowest BCUT2D eigenvalue weighted by molar-refractivity contribution is -0.384. The van der Waals surface area contributed by atoms with Crippen molar-refractivity contribution in [3.8, 4) is 11.5 Å². The van der Waals surface area contributed by atoms with Crippen LogP contribution in [0.4, 0.5) is 5.69 Å². The molecular formula is C22H26N2O7. The number of nitro groups is 1. The Balaban J connectivity index is 1.96. The van der Waals surface area contributed by atoms with Gasteiger partial charge in [-0.3, -0.25) is 15.0 Å². The number of morpholine rings is 1. The van der Waals surface area contributed by atoms with Crippen molar-refractivity contribution >= 4 is 11.7 Å². The smallest absolute Gasteiger partial charge is 0.337 e. The summed E-state index contributed by atoms with van der Waals surface area (Å²) in [6, 6.07) is 11.3. The highest BCUT2D eigenvalue weighted by Gasteiger charge is 2.39. The molecule has 0 bridgehead atoms. The molecule has 166 valence electrons. The van der Waals surface area contributed by atoms with Gasteiger partial charge >= 0.3 is 5.97 Å². The third-order valence-corrected chi connectivity index (χ3v) is 5.19. The van der Waals surface area contributed by atoms with Crippen molar-refractivity contribution in [3.05, 3.63) is 63.7 Å². The molecule has 0 saturated carbocycles. The molecule has 3 rings (SSSR count). The van der Waals surface area contributed by atoms with E-state index in [1.807, 2.05) is 12.1 Å². The molecule has 0 spiro atoms. The number of carbonyl (C=O) groups excluding carboxylic acids is 1. The van der Waals surface area contributed by atoms with E-state index in [4.69, 9.17) is 18.9 Å². The van der Waals surface area contributed by atoms with Gasteiger partial charge in [-0.1, -0.05) is 18.2 Å². The molecule has 9 heteroatoms. The number of nitrogens with zero attached hydrogens (tertiary/aromatic N) is 2. The number of benzene rings is 2. The number of rotatable bonds is 8. The van der Waals surface area contributed by atoms with E-state index in [0.29, 0.717) is 31.2 Å². The maximum atomic E-state index is 12.6. The second-order valence-electron chi connectivity index (χ2n) is 6.99. The average Bonchev–Trinajstić information content (AvgIpc) is 2.79. The van der Waals surface area contributed by atoms with Crippen molar-refractivity contribution in [1.29, 1.82) is 0 Å². The molecule has 1 aliphatic rings. The van der Waals surface area contributed by atoms with Gasteiger partial charge in [0.15, 0.2) is 6.10 Å². The number of hydrogen-bond acceptors (Lipinski definition) is 8. The molecule has 2 atom stereocenters. The lowest BCUT2D eigenvalue weighted by atomic mass is 9.96. The third kappa shape index (κ3) is 5.12. The van der Waals surface area contributed by atoms with Gasteiger partial charge < -0.3 is 18.9 Å². The lowest BCUT2D eigenvalue weighted by Crippen LogP contribution is -2.48. The number of hydrogen-bond donors (Lipinski definition) is 0. The second kappa shape index (κ2) is 10.2. The fourth-order valence-electron chi connectivity index (χ4n) is 3.70. The van der Waals surface area contributed by atoms with Gasteiger partial charge in [-0.05, 0) is 18.6 Å². The number of esters is 1. The van der Waals surface area contributed by atoms with E-state index in [1.165, 1.54) is 12.1 Å². The first-order chi connectivity index (χ1) is 15.0. The molecule has 1 heterocycles. The standard InChI is InChI=1S/C22H26N2O7/c1-4-30-22(25)21-20(15-5-8-17(9-6-15)24(26)27)23(11-12-31-21)14-16-7-10-18(28-2)13-19(16)29-3/h5-10,13,20-21H,4,11-12,14H2,1-3H3/t20-,21-/m1/s1. The monoisotopic (exact) mass is 430 g/mol. The molecule has 9 nitrogen and oxygen atoms in total. The summed E-state index contributed by atoms with van der Waals surface area (Å²) in [5, 5.41) is 11.0. The summed E-state index contributed by atoms with van der Waals surface area (Å²) in [5.41, 5.74) is 1.63. The van der Waals surface area contributed by atoms with Crippen LogP contribution in [0, 0.1) is 10.1 Å². The number of non-ortho nitro benzene ring substituents is 1. The Morgan fingerprint density at radius 2 is 1.94 bits per heavy atom. The summed E-state index contributed by atoms with van der Waals surface area (Å²) in [6.07, 6.45) is -0.848. The Morgan fingerprint density at radius 3 is 2.55 bits per heavy atom. The van der Waals surface area contributed by atoms with E-state index in [2.05, 4.69) is 4.90 Å². The molecule has 0 aliphatic carbocycles. The van der Waals surface area contributed by atoms with Crippen LogP contribution in [0.3, 0.4) is 0 Å². The Kier molecular flexibility index (Phi) is 7.43. The van der Waals surface area contributed by atoms with Crippen LogP contribution in [-0.2, 0) is 20.8 Å². The number of methoxy groups -OCH3 is 2. The largest absolute Gasteiger partial charge is 0.497 e. The van der Waals surface area contributed by atoms with Crippen molar-refractivity contribution in [2.75, 3.05) is 34.0 Å². The van der Waals surface area contributed by atoms with Crippen LogP contribution in [0.15, 0.2) is 42.5 Å². The first-order valence-corrected chi connectivity index (χ1v) is 9.96. The van der Waals surface area contributed by atoms with Gasteiger partial charge in [0, 0.05) is 36.9 Å². The van der Waals surface area contributed by atoms with E-state index in [0.717, 1.165) is 11.1 Å². The maximum Gasteiger partial charge on any atom is 0.337 e. The Bertz CT molecular complexity index is 917. The van der Waals surface area contributed by atoms with Crippen molar-refractivity contribution in [3.63, 3.8) is 0 Å². The molecule has 2 aromatic rings. The fourth-order valence-corrected chi connectivity index (χ4v) is 3.70. The summed E-state index contributed by atoms with van der Waals surface area (Å²) in [7, 11) is 3.18. The fraction of sp³-hybridized carbons (Fsp3) is 0.409. The first kappa shape index (κ1) is 22.5. The molecule has 2 aromatic carbocycles. The molecule has 0 unspecified atom stereocenters. The Labute approximate surface area is 180 Å². The average molecular weight is 430 g/mol. The zero-order chi connectivity index (χ0) is 22.4. The van der Waals surface area contributed by atoms with Gasteiger partial charge in [0.1, 0.15) is 11.5 Å². The second-order valence-corrected chi connectivity index (χ2v) is 6.99. The van der Waals surface area contributed by atoms with Gasteiger partial charge in [-0.25, -0.2) is 4.79 Å². The molecular weight excluding hydrogens is 404 g/mol. The van der Waals surface area contributed by atoms with E-state index >= 15 is 0 Å². The predicted molar refractivity (Wildman–Crippen MR) is 112 cm³/mol. The molecule has 1 saturated heterocycles. The van der Waals surface area contributed by atoms with Crippen LogP contribution in [-0.4, -0.2) is 55.9 Å². The van der Waals surface area contributed by atoms with Crippen LogP contribution in [0.1, 0.15) is 24.1 Å². The molecule has 0 radical (unpaired) electrons. The van der Waals surface area contributed by atoms with Crippen LogP contribution in [0.25, 0.3) is 0 Å². The summed E-state index contributed by atoms with van der Waals surface area (Å²) >= 11 is 0. The minimum atomic E-state index is -0.848. The van der Waals surface area contributed by atoms with Gasteiger partial charge in [-0.15, -0.1) is 0 Å². The van der Waals surface area contributed by atoms with Gasteiger partial charge in [0.25, 0.3) is 5.69 Å². The number of ether oxygens (including phenoxy) is 4. The summed E-state index contributed by atoms with van der Waals surface area (Å²) in [5.74, 6) is 0.886. The minimum Gasteiger partial charge on any atom is -0.497 e. The van der Waals surface area contributed by atoms with Gasteiger partial charge in [-0.2, -0.15) is 0 Å². The van der Waals surface area contributed by atoms with Crippen LogP contribution in [0.2, 0.25) is 0 Å². The van der Waals surface area contributed by atoms with Crippen molar-refractivity contribution in [1.82, 2.24) is 4.90 Å². The number of nitro benzene ring substituents is 1. The van der Waals surface area contributed by atoms with Crippen LogP contribution >= 0.6 is 0 Å². The lowest BCUT2D eigenvalue weighted by Gasteiger charge is -2.40. The van der Waals surface area contributed by atoms with E-state index in [-0.39, 0.29) is 12.3 Å². The van der Waals surface area contributed by atoms with Crippen molar-refractivity contribution in [2.45, 2.75) is 25.6 Å². The normalized spacial score (nSPS) is 18.9. The molecule has 0 amide bonds. The zero-order valence-electron chi connectivity index (χ0n) is 17.8. The first-order valence-electron chi connectivity index (χ1n) is 9.96. The molecule has 0 aromatic heterocycles. The predicted octanol–water partition coefficient (Wildman–Crippen LogP) is 3.12. The molecule has 1 fully saturated rings. The van der Waals surface area contributed by atoms with Crippen LogP contribution < -0.4 is 9.47 Å². The summed E-state index contributed by atoms with van der Waals surface area (Å²) in [6.45, 7) is 3.37. The van der Waals surface area contributed by atoms with Crippen LogP contribution in [0.5, 0.6) is 11.5 Å². The quantitative estimate of drug-likeness (QED) is 0.358. The van der Waals surface area contributed by atoms with E-state index < -0.39 is 23.0 Å². The topological polar surface area (TPSA) is 100 Å². The van der Waals surface area contributed by atoms with E-state index in [9.17, 15) is 14.9 Å². The summed E-state index contributed by atoms with van der Waals surface area (Å²) in [4.78, 5) is 25.3. The highest BCUT2D eigenvalue weighted by molar-refractivity contribution is 5.76. The van der Waals surface area contributed by atoms with Gasteiger partial charge in [0.05, 0.1) is 38.4 Å². The maximum absolute atomic E-state index is 12.6. The third-order valence-electron chi connectivity index (χ3n) is 5.19.